The monoisotopic (exact) mass is 302 g/mol. The summed E-state index contributed by atoms with van der Waals surface area (Å²) in [6.45, 7) is 1.45. The molecule has 1 aromatic rings. The molecule has 3 N–H and O–H groups in total. The zero-order chi connectivity index (χ0) is 16.5. The first-order valence-corrected chi connectivity index (χ1v) is 6.06. The van der Waals surface area contributed by atoms with Crippen molar-refractivity contribution in [2.75, 3.05) is 7.11 Å². The molecule has 1 rings (SSSR count). The number of urea groups is 1. The number of hydrogen-bond donors (Lipinski definition) is 2. The molecule has 0 heterocycles. The molecule has 1 aromatic carbocycles. The number of nitrogens with two attached hydrogens (primary N) is 1. The van der Waals surface area contributed by atoms with Crippen molar-refractivity contribution >= 4 is 23.4 Å². The van der Waals surface area contributed by atoms with Gasteiger partial charge in [-0.25, -0.2) is 10.2 Å². The molecule has 0 saturated heterocycles. The summed E-state index contributed by atoms with van der Waals surface area (Å²) in [5, 5.41) is 20.2. The highest BCUT2D eigenvalue weighted by atomic mass is 16.5. The van der Waals surface area contributed by atoms with Gasteiger partial charge in [0.1, 0.15) is 6.07 Å². The normalized spacial score (nSPS) is 12.5. The van der Waals surface area contributed by atoms with Gasteiger partial charge in [-0.2, -0.15) is 15.5 Å². The van der Waals surface area contributed by atoms with Crippen LogP contribution in [0.5, 0.6) is 0 Å². The van der Waals surface area contributed by atoms with Gasteiger partial charge in [0.2, 0.25) is 11.9 Å². The highest BCUT2D eigenvalue weighted by Crippen LogP contribution is 2.14. The lowest BCUT2D eigenvalue weighted by Gasteiger charge is -2.05. The zero-order valence-corrected chi connectivity index (χ0v) is 12.0. The number of nitrogens with one attached hydrogen (secondary N) is 1. The average molecular weight is 302 g/mol. The number of rotatable bonds is 5. The standard InChI is InChI=1S/C13H14N6O3/c1-8(20)9-3-5-10(6-4-9)16-17-11(7-14)12(22-2)18-19-13(15)21/h3-6,11H,1-2H3,(H3,15,19,21)/b17-16?,18-12-. The van der Waals surface area contributed by atoms with Gasteiger partial charge in [-0.15, -0.1) is 5.10 Å². The molecule has 0 aliphatic rings. The summed E-state index contributed by atoms with van der Waals surface area (Å²) in [7, 11) is 1.27. The minimum atomic E-state index is -1.15. The molecule has 9 heteroatoms. The van der Waals surface area contributed by atoms with Crippen LogP contribution in [0.2, 0.25) is 0 Å². The molecule has 0 radical (unpaired) electrons. The lowest BCUT2D eigenvalue weighted by molar-refractivity contribution is 0.101. The Kier molecular flexibility index (Phi) is 6.18. The minimum Gasteiger partial charge on any atom is -0.481 e. The zero-order valence-electron chi connectivity index (χ0n) is 12.0. The van der Waals surface area contributed by atoms with E-state index in [0.717, 1.165) is 0 Å². The molecule has 0 aliphatic heterocycles. The number of nitrogens with zero attached hydrogens (tertiary/aromatic N) is 4. The molecular formula is C13H14N6O3. The summed E-state index contributed by atoms with van der Waals surface area (Å²) in [5.74, 6) is -0.227. The van der Waals surface area contributed by atoms with Crippen molar-refractivity contribution in [3.8, 4) is 6.07 Å². The summed E-state index contributed by atoms with van der Waals surface area (Å²) in [5.41, 5.74) is 7.79. The largest absolute Gasteiger partial charge is 0.481 e. The number of amides is 2. The quantitative estimate of drug-likeness (QED) is 0.279. The fourth-order valence-electron chi connectivity index (χ4n) is 1.35. The molecule has 1 unspecified atom stereocenters. The summed E-state index contributed by atoms with van der Waals surface area (Å²) in [6.07, 6.45) is 0. The Hall–Kier alpha value is -3.28. The first-order valence-electron chi connectivity index (χ1n) is 6.06. The predicted molar refractivity (Wildman–Crippen MR) is 77.5 cm³/mol. The van der Waals surface area contributed by atoms with E-state index in [1.807, 2.05) is 11.5 Å². The Balaban J connectivity index is 2.88. The smallest absolute Gasteiger partial charge is 0.332 e. The first kappa shape index (κ1) is 16.8. The average Bonchev–Trinajstić information content (AvgIpc) is 2.50. The maximum absolute atomic E-state index is 11.2. The maximum Gasteiger partial charge on any atom is 0.332 e. The third-order valence-corrected chi connectivity index (χ3v) is 2.40. The number of carbonyl (C=O) groups excluding carboxylic acids is 2. The summed E-state index contributed by atoms with van der Waals surface area (Å²) in [6, 6.07) is 6.12. The van der Waals surface area contributed by atoms with Gasteiger partial charge in [0, 0.05) is 5.56 Å². The van der Waals surface area contributed by atoms with Gasteiger partial charge in [-0.3, -0.25) is 4.79 Å². The fraction of sp³-hybridized carbons (Fsp3) is 0.231. The second-order valence-electron chi connectivity index (χ2n) is 3.98. The van der Waals surface area contributed by atoms with Crippen LogP contribution in [0.15, 0.2) is 39.6 Å². The number of hydrogen-bond acceptors (Lipinski definition) is 7. The van der Waals surface area contributed by atoms with Crippen molar-refractivity contribution in [2.45, 2.75) is 13.0 Å². The third kappa shape index (κ3) is 5.01. The fourth-order valence-corrected chi connectivity index (χ4v) is 1.35. The van der Waals surface area contributed by atoms with Gasteiger partial charge in [0.05, 0.1) is 12.8 Å². The number of primary amides is 1. The van der Waals surface area contributed by atoms with E-state index >= 15 is 0 Å². The van der Waals surface area contributed by atoms with E-state index < -0.39 is 12.1 Å². The molecule has 9 nitrogen and oxygen atoms in total. The predicted octanol–water partition coefficient (Wildman–Crippen LogP) is 1.49. The van der Waals surface area contributed by atoms with Crippen LogP contribution >= 0.6 is 0 Å². The molecule has 0 saturated carbocycles. The van der Waals surface area contributed by atoms with Crippen molar-refractivity contribution in [1.29, 1.82) is 5.26 Å². The highest BCUT2D eigenvalue weighted by Gasteiger charge is 2.16. The molecule has 0 bridgehead atoms. The number of carbonyl (C=O) groups is 2. The molecule has 0 aliphatic carbocycles. The Labute approximate surface area is 126 Å². The van der Waals surface area contributed by atoms with Gasteiger partial charge in [-0.05, 0) is 31.2 Å². The van der Waals surface area contributed by atoms with Gasteiger partial charge >= 0.3 is 6.03 Å². The van der Waals surface area contributed by atoms with Crippen LogP contribution in [0.1, 0.15) is 17.3 Å². The number of nitriles is 1. The summed E-state index contributed by atoms with van der Waals surface area (Å²) in [4.78, 5) is 21.7. The number of hydrazone groups is 1. The number of ketones is 1. The molecule has 22 heavy (non-hydrogen) atoms. The third-order valence-electron chi connectivity index (χ3n) is 2.40. The number of benzene rings is 1. The number of ether oxygens (including phenoxy) is 1. The molecule has 1 atom stereocenters. The van der Waals surface area contributed by atoms with Crippen LogP contribution in [0, 0.1) is 11.3 Å². The van der Waals surface area contributed by atoms with E-state index in [1.54, 1.807) is 24.3 Å². The van der Waals surface area contributed by atoms with Crippen LogP contribution < -0.4 is 11.2 Å². The number of azo groups is 1. The van der Waals surface area contributed by atoms with Crippen molar-refractivity contribution in [2.24, 2.45) is 21.1 Å². The topological polar surface area (TPSA) is 142 Å². The number of methoxy groups -OCH3 is 1. The van der Waals surface area contributed by atoms with Gasteiger partial charge in [0.25, 0.3) is 0 Å². The maximum atomic E-state index is 11.2. The molecule has 0 spiro atoms. The molecule has 114 valence electrons. The van der Waals surface area contributed by atoms with Crippen molar-refractivity contribution in [3.63, 3.8) is 0 Å². The SMILES string of the molecule is CO/C(=N\NC(N)=O)C(C#N)N=Nc1ccc(C(C)=O)cc1. The van der Waals surface area contributed by atoms with E-state index in [1.165, 1.54) is 14.0 Å². The number of Topliss-reactive ketones (excluding diaryl/α,β-unsaturated/α-hetero) is 1. The van der Waals surface area contributed by atoms with E-state index in [-0.39, 0.29) is 11.7 Å². The van der Waals surface area contributed by atoms with Crippen LogP contribution in [-0.2, 0) is 4.74 Å². The Morgan fingerprint density at radius 1 is 1.36 bits per heavy atom. The second kappa shape index (κ2) is 8.11. The Morgan fingerprint density at radius 3 is 2.45 bits per heavy atom. The molecular weight excluding hydrogens is 288 g/mol. The Morgan fingerprint density at radius 2 is 2.00 bits per heavy atom. The molecule has 2 amide bonds. The van der Waals surface area contributed by atoms with Gasteiger partial charge in [-0.1, -0.05) is 0 Å². The van der Waals surface area contributed by atoms with E-state index in [9.17, 15) is 9.59 Å². The lowest BCUT2D eigenvalue weighted by atomic mass is 10.1. The molecule has 0 fully saturated rings. The van der Waals surface area contributed by atoms with E-state index in [2.05, 4.69) is 15.3 Å². The van der Waals surface area contributed by atoms with Crippen molar-refractivity contribution in [3.05, 3.63) is 29.8 Å². The first-order chi connectivity index (χ1) is 10.5. The van der Waals surface area contributed by atoms with Crippen molar-refractivity contribution < 1.29 is 14.3 Å². The van der Waals surface area contributed by atoms with Gasteiger partial charge in [0.15, 0.2) is 5.78 Å². The van der Waals surface area contributed by atoms with Crippen molar-refractivity contribution in [1.82, 2.24) is 5.43 Å². The Bertz CT molecular complexity index is 645. The summed E-state index contributed by atoms with van der Waals surface area (Å²) >= 11 is 0. The van der Waals surface area contributed by atoms with E-state index in [0.29, 0.717) is 11.3 Å². The highest BCUT2D eigenvalue weighted by molar-refractivity contribution is 5.94. The second-order valence-corrected chi connectivity index (χ2v) is 3.98. The molecule has 0 aromatic heterocycles. The lowest BCUT2D eigenvalue weighted by Crippen LogP contribution is -2.29. The van der Waals surface area contributed by atoms with Crippen LogP contribution in [0.25, 0.3) is 0 Å². The van der Waals surface area contributed by atoms with E-state index in [4.69, 9.17) is 15.7 Å². The van der Waals surface area contributed by atoms with Gasteiger partial charge < -0.3 is 10.5 Å². The minimum absolute atomic E-state index is 0.0651. The van der Waals surface area contributed by atoms with Crippen LogP contribution in [0.4, 0.5) is 10.5 Å². The van der Waals surface area contributed by atoms with Crippen LogP contribution in [-0.4, -0.2) is 30.9 Å². The summed E-state index contributed by atoms with van der Waals surface area (Å²) < 4.78 is 4.85. The van der Waals surface area contributed by atoms with Crippen LogP contribution in [0.3, 0.4) is 0 Å².